The normalized spacial score (nSPS) is 10.0. The predicted molar refractivity (Wildman–Crippen MR) is 75.6 cm³/mol. The molecule has 1 aromatic rings. The van der Waals surface area contributed by atoms with E-state index in [9.17, 15) is 14.4 Å². The molecular formula is C15H18O7. The largest absolute Gasteiger partial charge is 0.513 e. The molecule has 0 aliphatic heterocycles. The van der Waals surface area contributed by atoms with E-state index in [4.69, 9.17) is 14.2 Å². The number of carbonyl (C=O) groups is 3. The van der Waals surface area contributed by atoms with Crippen LogP contribution in [0.3, 0.4) is 0 Å². The topological polar surface area (TPSA) is 88.1 Å². The summed E-state index contributed by atoms with van der Waals surface area (Å²) in [6, 6.07) is 5.79. The van der Waals surface area contributed by atoms with Crippen molar-refractivity contribution in [1.29, 1.82) is 0 Å². The van der Waals surface area contributed by atoms with Gasteiger partial charge in [0, 0.05) is 0 Å². The highest BCUT2D eigenvalue weighted by Crippen LogP contribution is 2.13. The van der Waals surface area contributed by atoms with Crippen molar-refractivity contribution in [2.45, 2.75) is 13.8 Å². The van der Waals surface area contributed by atoms with Gasteiger partial charge in [0.05, 0.1) is 18.6 Å². The first-order valence-electron chi connectivity index (χ1n) is 6.63. The Balaban J connectivity index is 2.33. The number of esters is 2. The van der Waals surface area contributed by atoms with E-state index in [2.05, 4.69) is 4.74 Å². The lowest BCUT2D eigenvalue weighted by atomic mass is 10.2. The first kappa shape index (κ1) is 17.5. The van der Waals surface area contributed by atoms with Gasteiger partial charge in [-0.25, -0.2) is 9.59 Å². The summed E-state index contributed by atoms with van der Waals surface area (Å²) in [6.45, 7) is 3.27. The second-order valence-electron chi connectivity index (χ2n) is 4.54. The molecule has 22 heavy (non-hydrogen) atoms. The number of methoxy groups -OCH3 is 1. The summed E-state index contributed by atoms with van der Waals surface area (Å²) in [6.07, 6.45) is -0.925. The molecule has 0 amide bonds. The van der Waals surface area contributed by atoms with Crippen LogP contribution in [0, 0.1) is 5.92 Å². The van der Waals surface area contributed by atoms with Gasteiger partial charge < -0.3 is 18.9 Å². The van der Waals surface area contributed by atoms with Gasteiger partial charge in [0.15, 0.2) is 0 Å². The summed E-state index contributed by atoms with van der Waals surface area (Å²) in [7, 11) is 1.27. The van der Waals surface area contributed by atoms with Crippen LogP contribution >= 0.6 is 0 Å². The fraction of sp³-hybridized carbons (Fsp3) is 0.400. The third kappa shape index (κ3) is 5.82. The summed E-state index contributed by atoms with van der Waals surface area (Å²) in [5.41, 5.74) is 0.337. The summed E-state index contributed by atoms with van der Waals surface area (Å²) >= 11 is 0. The molecule has 120 valence electrons. The van der Waals surface area contributed by atoms with E-state index >= 15 is 0 Å². The van der Waals surface area contributed by atoms with Crippen LogP contribution in [0.5, 0.6) is 5.75 Å². The van der Waals surface area contributed by atoms with Crippen LogP contribution < -0.4 is 4.74 Å². The standard InChI is InChI=1S/C15H18O7/c1-10(2)13(16)20-8-9-21-15(18)22-12-6-4-11(5-7-12)14(17)19-3/h4-7,10H,8-9H2,1-3H3. The Hall–Kier alpha value is -2.57. The minimum atomic E-state index is -0.925. The van der Waals surface area contributed by atoms with Crippen molar-refractivity contribution in [2.24, 2.45) is 5.92 Å². The highest BCUT2D eigenvalue weighted by molar-refractivity contribution is 5.89. The Bertz CT molecular complexity index is 519. The molecule has 1 rings (SSSR count). The van der Waals surface area contributed by atoms with Crippen LogP contribution in [0.2, 0.25) is 0 Å². The summed E-state index contributed by atoms with van der Waals surface area (Å²) in [5, 5.41) is 0. The molecule has 7 heteroatoms. The lowest BCUT2D eigenvalue weighted by molar-refractivity contribution is -0.148. The zero-order valence-electron chi connectivity index (χ0n) is 12.7. The predicted octanol–water partition coefficient (Wildman–Crippen LogP) is 2.19. The fourth-order valence-corrected chi connectivity index (χ4v) is 1.34. The second-order valence-corrected chi connectivity index (χ2v) is 4.54. The van der Waals surface area contributed by atoms with Gasteiger partial charge in [-0.3, -0.25) is 4.79 Å². The second kappa shape index (κ2) is 8.66. The van der Waals surface area contributed by atoms with Crippen LogP contribution in [-0.4, -0.2) is 38.4 Å². The molecule has 0 spiro atoms. The van der Waals surface area contributed by atoms with E-state index in [-0.39, 0.29) is 30.9 Å². The highest BCUT2D eigenvalue weighted by Gasteiger charge is 2.10. The molecule has 0 aromatic heterocycles. The van der Waals surface area contributed by atoms with Crippen LogP contribution in [-0.2, 0) is 19.0 Å². The lowest BCUT2D eigenvalue weighted by Crippen LogP contribution is -2.18. The number of hydrogen-bond acceptors (Lipinski definition) is 7. The molecule has 0 aliphatic rings. The molecule has 0 fully saturated rings. The maximum absolute atomic E-state index is 11.4. The van der Waals surface area contributed by atoms with Crippen molar-refractivity contribution < 1.29 is 33.3 Å². The summed E-state index contributed by atoms with van der Waals surface area (Å²) in [4.78, 5) is 33.8. The molecule has 0 N–H and O–H groups in total. The number of benzene rings is 1. The zero-order valence-corrected chi connectivity index (χ0v) is 12.7. The molecular weight excluding hydrogens is 292 g/mol. The minimum Gasteiger partial charge on any atom is -0.465 e. The quantitative estimate of drug-likeness (QED) is 0.344. The molecule has 0 saturated carbocycles. The lowest BCUT2D eigenvalue weighted by Gasteiger charge is -2.08. The molecule has 0 unspecified atom stereocenters. The third-order valence-corrected chi connectivity index (χ3v) is 2.50. The maximum atomic E-state index is 11.4. The fourth-order valence-electron chi connectivity index (χ4n) is 1.34. The zero-order chi connectivity index (χ0) is 16.5. The monoisotopic (exact) mass is 310 g/mol. The average molecular weight is 310 g/mol. The van der Waals surface area contributed by atoms with Gasteiger partial charge in [0.1, 0.15) is 19.0 Å². The Labute approximate surface area is 128 Å². The smallest absolute Gasteiger partial charge is 0.465 e. The van der Waals surface area contributed by atoms with Crippen molar-refractivity contribution >= 4 is 18.1 Å². The molecule has 0 atom stereocenters. The maximum Gasteiger partial charge on any atom is 0.513 e. The summed E-state index contributed by atoms with van der Waals surface area (Å²) < 4.78 is 19.0. The molecule has 0 aliphatic carbocycles. The number of rotatable bonds is 6. The van der Waals surface area contributed by atoms with Gasteiger partial charge in [-0.1, -0.05) is 13.8 Å². The molecule has 0 heterocycles. The van der Waals surface area contributed by atoms with E-state index in [1.165, 1.54) is 31.4 Å². The first-order chi connectivity index (χ1) is 10.4. The minimum absolute atomic E-state index is 0.0343. The molecule has 0 bridgehead atoms. The Morgan fingerprint density at radius 2 is 1.59 bits per heavy atom. The van der Waals surface area contributed by atoms with Crippen molar-refractivity contribution in [2.75, 3.05) is 20.3 Å². The van der Waals surface area contributed by atoms with E-state index in [1.807, 2.05) is 0 Å². The highest BCUT2D eigenvalue weighted by atomic mass is 16.7. The number of ether oxygens (including phenoxy) is 4. The van der Waals surface area contributed by atoms with Gasteiger partial charge in [-0.2, -0.15) is 0 Å². The van der Waals surface area contributed by atoms with Crippen LogP contribution in [0.1, 0.15) is 24.2 Å². The first-order valence-corrected chi connectivity index (χ1v) is 6.63. The SMILES string of the molecule is COC(=O)c1ccc(OC(=O)OCCOC(=O)C(C)C)cc1. The Morgan fingerprint density at radius 3 is 2.14 bits per heavy atom. The van der Waals surface area contributed by atoms with E-state index in [0.29, 0.717) is 5.56 Å². The van der Waals surface area contributed by atoms with E-state index in [0.717, 1.165) is 0 Å². The number of carbonyl (C=O) groups excluding carboxylic acids is 3. The van der Waals surface area contributed by atoms with E-state index in [1.54, 1.807) is 13.8 Å². The van der Waals surface area contributed by atoms with Crippen molar-refractivity contribution in [1.82, 2.24) is 0 Å². The van der Waals surface area contributed by atoms with Gasteiger partial charge >= 0.3 is 18.1 Å². The van der Waals surface area contributed by atoms with Crippen molar-refractivity contribution in [3.63, 3.8) is 0 Å². The molecule has 1 aromatic carbocycles. The Morgan fingerprint density at radius 1 is 1.00 bits per heavy atom. The van der Waals surface area contributed by atoms with Gasteiger partial charge in [-0.05, 0) is 24.3 Å². The van der Waals surface area contributed by atoms with Crippen LogP contribution in [0.15, 0.2) is 24.3 Å². The van der Waals surface area contributed by atoms with Gasteiger partial charge in [0.25, 0.3) is 0 Å². The van der Waals surface area contributed by atoms with Gasteiger partial charge in [0.2, 0.25) is 0 Å². The van der Waals surface area contributed by atoms with Crippen LogP contribution in [0.4, 0.5) is 4.79 Å². The molecule has 0 radical (unpaired) electrons. The van der Waals surface area contributed by atoms with Gasteiger partial charge in [-0.15, -0.1) is 0 Å². The van der Waals surface area contributed by atoms with Crippen LogP contribution in [0.25, 0.3) is 0 Å². The van der Waals surface area contributed by atoms with Crippen molar-refractivity contribution in [3.8, 4) is 5.75 Å². The Kier molecular flexibility index (Phi) is 6.88. The molecule has 7 nitrogen and oxygen atoms in total. The van der Waals surface area contributed by atoms with E-state index < -0.39 is 12.1 Å². The summed E-state index contributed by atoms with van der Waals surface area (Å²) in [5.74, 6) is -0.867. The van der Waals surface area contributed by atoms with Crippen molar-refractivity contribution in [3.05, 3.63) is 29.8 Å². The molecule has 0 saturated heterocycles. The number of hydrogen-bond donors (Lipinski definition) is 0. The third-order valence-electron chi connectivity index (χ3n) is 2.50. The average Bonchev–Trinajstić information content (AvgIpc) is 2.51.